The number of hydrogen-bond donors (Lipinski definition) is 0. The van der Waals surface area contributed by atoms with Gasteiger partial charge in [0.2, 0.25) is 0 Å². The van der Waals surface area contributed by atoms with E-state index in [1.807, 2.05) is 0 Å². The maximum atomic E-state index is 11.6. The molecule has 1 rings (SSSR count). The molecule has 1 atom stereocenters. The summed E-state index contributed by atoms with van der Waals surface area (Å²) >= 11 is 0. The lowest BCUT2D eigenvalue weighted by molar-refractivity contribution is -0.145. The highest BCUT2D eigenvalue weighted by atomic mass is 16.5. The van der Waals surface area contributed by atoms with Crippen LogP contribution in [0.2, 0.25) is 0 Å². The third kappa shape index (κ3) is 4.75. The number of carbonyl (C=O) groups is 2. The fraction of sp³-hybridized carbons (Fsp3) is 0.833. The molecule has 92 valence electrons. The van der Waals surface area contributed by atoms with Crippen molar-refractivity contribution < 1.29 is 14.3 Å². The van der Waals surface area contributed by atoms with Crippen LogP contribution in [0, 0.1) is 5.92 Å². The molecular weight excluding hydrogens is 206 g/mol. The predicted octanol–water partition coefficient (Wildman–Crippen LogP) is 1.24. The van der Waals surface area contributed by atoms with Crippen LogP contribution in [0.25, 0.3) is 0 Å². The highest BCUT2D eigenvalue weighted by Crippen LogP contribution is 2.15. The largest absolute Gasteiger partial charge is 0.466 e. The van der Waals surface area contributed by atoms with Gasteiger partial charge in [-0.15, -0.1) is 0 Å². The van der Waals surface area contributed by atoms with Gasteiger partial charge in [-0.05, 0) is 32.2 Å². The molecule has 0 aromatic carbocycles. The van der Waals surface area contributed by atoms with Gasteiger partial charge in [0.1, 0.15) is 6.42 Å². The zero-order valence-electron chi connectivity index (χ0n) is 10.2. The van der Waals surface area contributed by atoms with Crippen molar-refractivity contribution in [1.82, 2.24) is 4.90 Å². The topological polar surface area (TPSA) is 46.6 Å². The molecule has 4 nitrogen and oxygen atoms in total. The highest BCUT2D eigenvalue weighted by molar-refractivity contribution is 5.96. The average Bonchev–Trinajstić information content (AvgIpc) is 2.17. The summed E-state index contributed by atoms with van der Waals surface area (Å²) < 4.78 is 4.74. The first-order valence-corrected chi connectivity index (χ1v) is 6.01. The molecule has 0 spiro atoms. The van der Waals surface area contributed by atoms with Gasteiger partial charge in [0, 0.05) is 6.54 Å². The molecule has 4 heteroatoms. The SMILES string of the molecule is CCOC(=O)CC(=O)CN1CCCC(C)C1. The molecule has 0 aromatic rings. The Labute approximate surface area is 96.9 Å². The number of esters is 1. The minimum atomic E-state index is -0.405. The molecule has 0 radical (unpaired) electrons. The molecule has 16 heavy (non-hydrogen) atoms. The summed E-state index contributed by atoms with van der Waals surface area (Å²) in [5, 5.41) is 0. The molecule has 0 bridgehead atoms. The molecule has 1 saturated heterocycles. The lowest BCUT2D eigenvalue weighted by Crippen LogP contribution is -2.38. The Morgan fingerprint density at radius 3 is 2.81 bits per heavy atom. The van der Waals surface area contributed by atoms with E-state index in [0.29, 0.717) is 19.1 Å². The van der Waals surface area contributed by atoms with E-state index in [2.05, 4.69) is 11.8 Å². The van der Waals surface area contributed by atoms with Crippen molar-refractivity contribution in [2.45, 2.75) is 33.1 Å². The van der Waals surface area contributed by atoms with E-state index in [1.54, 1.807) is 6.92 Å². The van der Waals surface area contributed by atoms with Crippen molar-refractivity contribution >= 4 is 11.8 Å². The number of hydrogen-bond acceptors (Lipinski definition) is 4. The van der Waals surface area contributed by atoms with Crippen LogP contribution in [0.4, 0.5) is 0 Å². The summed E-state index contributed by atoms with van der Waals surface area (Å²) in [6.45, 7) is 6.61. The molecular formula is C12H21NO3. The number of ketones is 1. The van der Waals surface area contributed by atoms with Gasteiger partial charge in [0.05, 0.1) is 13.2 Å². The van der Waals surface area contributed by atoms with E-state index in [-0.39, 0.29) is 12.2 Å². The van der Waals surface area contributed by atoms with Gasteiger partial charge in [-0.25, -0.2) is 0 Å². The third-order valence-electron chi connectivity index (χ3n) is 2.79. The number of nitrogens with zero attached hydrogens (tertiary/aromatic N) is 1. The Morgan fingerprint density at radius 1 is 1.44 bits per heavy atom. The Balaban J connectivity index is 2.25. The van der Waals surface area contributed by atoms with E-state index < -0.39 is 5.97 Å². The maximum absolute atomic E-state index is 11.6. The Hall–Kier alpha value is -0.900. The van der Waals surface area contributed by atoms with Crippen molar-refractivity contribution in [1.29, 1.82) is 0 Å². The zero-order chi connectivity index (χ0) is 12.0. The van der Waals surface area contributed by atoms with Gasteiger partial charge in [-0.2, -0.15) is 0 Å². The first-order valence-electron chi connectivity index (χ1n) is 6.01. The smallest absolute Gasteiger partial charge is 0.313 e. The van der Waals surface area contributed by atoms with Gasteiger partial charge in [0.25, 0.3) is 0 Å². The van der Waals surface area contributed by atoms with Crippen LogP contribution in [0.15, 0.2) is 0 Å². The summed E-state index contributed by atoms with van der Waals surface area (Å²) in [4.78, 5) is 24.8. The van der Waals surface area contributed by atoms with Crippen molar-refractivity contribution in [3.63, 3.8) is 0 Å². The first kappa shape index (κ1) is 13.2. The van der Waals surface area contributed by atoms with Gasteiger partial charge in [0.15, 0.2) is 5.78 Å². The van der Waals surface area contributed by atoms with Crippen molar-refractivity contribution in [2.75, 3.05) is 26.2 Å². The molecule has 1 fully saturated rings. The Kier molecular flexibility index (Phi) is 5.46. The van der Waals surface area contributed by atoms with Crippen LogP contribution in [-0.4, -0.2) is 42.9 Å². The van der Waals surface area contributed by atoms with Gasteiger partial charge in [-0.1, -0.05) is 6.92 Å². The second kappa shape index (κ2) is 6.63. The van der Waals surface area contributed by atoms with Crippen molar-refractivity contribution in [2.24, 2.45) is 5.92 Å². The number of ether oxygens (including phenoxy) is 1. The summed E-state index contributed by atoms with van der Waals surface area (Å²) in [5.41, 5.74) is 0. The lowest BCUT2D eigenvalue weighted by atomic mass is 10.00. The number of Topliss-reactive ketones (excluding diaryl/α,β-unsaturated/α-hetero) is 1. The molecule has 0 aromatic heterocycles. The minimum Gasteiger partial charge on any atom is -0.466 e. The Bertz CT molecular complexity index is 253. The van der Waals surface area contributed by atoms with Crippen LogP contribution in [0.3, 0.4) is 0 Å². The molecule has 1 aliphatic heterocycles. The van der Waals surface area contributed by atoms with Gasteiger partial charge < -0.3 is 4.74 Å². The molecule has 1 heterocycles. The molecule has 0 amide bonds. The number of likely N-dealkylation sites (tertiary alicyclic amines) is 1. The summed E-state index contributed by atoms with van der Waals surface area (Å²) in [6.07, 6.45) is 2.30. The number of carbonyl (C=O) groups excluding carboxylic acids is 2. The van der Waals surface area contributed by atoms with Crippen LogP contribution < -0.4 is 0 Å². The molecule has 0 saturated carbocycles. The summed E-state index contributed by atoms with van der Waals surface area (Å²) in [7, 11) is 0. The van der Waals surface area contributed by atoms with Crippen LogP contribution in [-0.2, 0) is 14.3 Å². The fourth-order valence-corrected chi connectivity index (χ4v) is 2.11. The van der Waals surface area contributed by atoms with E-state index in [1.165, 1.54) is 6.42 Å². The minimum absolute atomic E-state index is 0.0347. The second-order valence-electron chi connectivity index (χ2n) is 4.50. The van der Waals surface area contributed by atoms with Crippen molar-refractivity contribution in [3.05, 3.63) is 0 Å². The highest BCUT2D eigenvalue weighted by Gasteiger charge is 2.19. The fourth-order valence-electron chi connectivity index (χ4n) is 2.11. The summed E-state index contributed by atoms with van der Waals surface area (Å²) in [6, 6.07) is 0. The third-order valence-corrected chi connectivity index (χ3v) is 2.79. The quantitative estimate of drug-likeness (QED) is 0.523. The van der Waals surface area contributed by atoms with Crippen molar-refractivity contribution in [3.8, 4) is 0 Å². The Morgan fingerprint density at radius 2 is 2.19 bits per heavy atom. The molecule has 1 unspecified atom stereocenters. The van der Waals surface area contributed by atoms with E-state index in [4.69, 9.17) is 4.74 Å². The van der Waals surface area contributed by atoms with Crippen LogP contribution in [0.5, 0.6) is 0 Å². The molecule has 0 N–H and O–H groups in total. The number of rotatable bonds is 5. The zero-order valence-corrected chi connectivity index (χ0v) is 10.2. The maximum Gasteiger partial charge on any atom is 0.313 e. The summed E-state index contributed by atoms with van der Waals surface area (Å²) in [5.74, 6) is 0.217. The van der Waals surface area contributed by atoms with E-state index in [0.717, 1.165) is 19.5 Å². The average molecular weight is 227 g/mol. The van der Waals surface area contributed by atoms with E-state index >= 15 is 0 Å². The second-order valence-corrected chi connectivity index (χ2v) is 4.50. The standard InChI is InChI=1S/C12H21NO3/c1-3-16-12(15)7-11(14)9-13-6-4-5-10(2)8-13/h10H,3-9H2,1-2H3. The van der Waals surface area contributed by atoms with E-state index in [9.17, 15) is 9.59 Å². The predicted molar refractivity (Wildman–Crippen MR) is 61.1 cm³/mol. The lowest BCUT2D eigenvalue weighted by Gasteiger charge is -2.30. The number of piperidine rings is 1. The molecule has 0 aliphatic carbocycles. The van der Waals surface area contributed by atoms with Gasteiger partial charge in [-0.3, -0.25) is 14.5 Å². The normalized spacial score (nSPS) is 21.8. The van der Waals surface area contributed by atoms with Crippen LogP contribution in [0.1, 0.15) is 33.1 Å². The van der Waals surface area contributed by atoms with Gasteiger partial charge >= 0.3 is 5.97 Å². The van der Waals surface area contributed by atoms with Crippen LogP contribution >= 0.6 is 0 Å². The monoisotopic (exact) mass is 227 g/mol. The first-order chi connectivity index (χ1) is 7.61. The molecule has 1 aliphatic rings.